The second kappa shape index (κ2) is 6.62. The summed E-state index contributed by atoms with van der Waals surface area (Å²) in [4.78, 5) is 25.2. The van der Waals surface area contributed by atoms with Crippen molar-refractivity contribution in [2.45, 2.75) is 12.5 Å². The molecule has 3 rings (SSSR count). The summed E-state index contributed by atoms with van der Waals surface area (Å²) in [5.41, 5.74) is 2.34. The van der Waals surface area contributed by atoms with Crippen LogP contribution < -0.4 is 0 Å². The number of ether oxygens (including phenoxy) is 1. The van der Waals surface area contributed by atoms with Crippen molar-refractivity contribution in [3.05, 3.63) is 42.1 Å². The minimum Gasteiger partial charge on any atom is -0.481 e. The van der Waals surface area contributed by atoms with Crippen molar-refractivity contribution in [1.82, 2.24) is 15.1 Å². The second-order valence-electron chi connectivity index (χ2n) is 5.37. The Balaban J connectivity index is 1.77. The van der Waals surface area contributed by atoms with Crippen molar-refractivity contribution in [3.8, 4) is 11.3 Å². The minimum absolute atomic E-state index is 0.113. The average Bonchev–Trinajstić information content (AvgIpc) is 3.09. The van der Waals surface area contributed by atoms with Gasteiger partial charge in [0.2, 0.25) is 0 Å². The Labute approximate surface area is 132 Å². The highest BCUT2D eigenvalue weighted by Gasteiger charge is 2.29. The van der Waals surface area contributed by atoms with Gasteiger partial charge in [-0.2, -0.15) is 5.10 Å². The molecular weight excluding hydrogens is 298 g/mol. The van der Waals surface area contributed by atoms with E-state index in [1.54, 1.807) is 23.2 Å². The Morgan fingerprint density at radius 3 is 2.74 bits per heavy atom. The van der Waals surface area contributed by atoms with E-state index >= 15 is 0 Å². The van der Waals surface area contributed by atoms with Gasteiger partial charge in [0.15, 0.2) is 0 Å². The Hall–Kier alpha value is -2.67. The van der Waals surface area contributed by atoms with E-state index in [4.69, 9.17) is 9.84 Å². The van der Waals surface area contributed by atoms with Crippen LogP contribution >= 0.6 is 0 Å². The smallest absolute Gasteiger partial charge is 0.305 e. The molecular formula is C16H17N3O4. The van der Waals surface area contributed by atoms with Gasteiger partial charge < -0.3 is 14.7 Å². The van der Waals surface area contributed by atoms with Gasteiger partial charge in [0.05, 0.1) is 31.4 Å². The first-order valence-corrected chi connectivity index (χ1v) is 7.35. The van der Waals surface area contributed by atoms with Gasteiger partial charge in [-0.3, -0.25) is 14.7 Å². The Bertz CT molecular complexity index is 682. The molecule has 7 heteroatoms. The van der Waals surface area contributed by atoms with Crippen LogP contribution in [0.25, 0.3) is 11.3 Å². The van der Waals surface area contributed by atoms with Gasteiger partial charge in [0, 0.05) is 18.3 Å². The molecule has 0 aliphatic carbocycles. The lowest BCUT2D eigenvalue weighted by Crippen LogP contribution is -2.49. The number of nitrogens with one attached hydrogen (secondary N) is 1. The van der Waals surface area contributed by atoms with Gasteiger partial charge in [-0.15, -0.1) is 0 Å². The summed E-state index contributed by atoms with van der Waals surface area (Å²) in [6, 6.07) is 8.58. The zero-order valence-corrected chi connectivity index (χ0v) is 12.4. The molecule has 1 aromatic carbocycles. The number of benzene rings is 1. The molecule has 1 amide bonds. The maximum Gasteiger partial charge on any atom is 0.305 e. The highest BCUT2D eigenvalue weighted by atomic mass is 16.5. The van der Waals surface area contributed by atoms with Gasteiger partial charge in [-0.25, -0.2) is 0 Å². The molecule has 2 N–H and O–H groups in total. The quantitative estimate of drug-likeness (QED) is 0.889. The molecule has 1 saturated heterocycles. The lowest BCUT2D eigenvalue weighted by molar-refractivity contribution is -0.139. The molecule has 0 radical (unpaired) electrons. The number of carboxylic acid groups (broad SMARTS) is 1. The predicted octanol–water partition coefficient (Wildman–Crippen LogP) is 1.39. The summed E-state index contributed by atoms with van der Waals surface area (Å²) >= 11 is 0. The number of hydrogen-bond donors (Lipinski definition) is 2. The highest BCUT2D eigenvalue weighted by molar-refractivity contribution is 5.95. The summed E-state index contributed by atoms with van der Waals surface area (Å²) in [5, 5.41) is 15.7. The fraction of sp³-hybridized carbons (Fsp3) is 0.312. The van der Waals surface area contributed by atoms with E-state index in [0.717, 1.165) is 11.3 Å². The molecule has 2 aromatic rings. The number of rotatable bonds is 4. The fourth-order valence-corrected chi connectivity index (χ4v) is 2.67. The normalized spacial score (nSPS) is 17.9. The van der Waals surface area contributed by atoms with Crippen LogP contribution in [-0.2, 0) is 9.53 Å². The second-order valence-corrected chi connectivity index (χ2v) is 5.37. The average molecular weight is 315 g/mol. The van der Waals surface area contributed by atoms with E-state index < -0.39 is 12.0 Å². The third-order valence-electron chi connectivity index (χ3n) is 3.84. The van der Waals surface area contributed by atoms with Crippen LogP contribution in [0, 0.1) is 0 Å². The van der Waals surface area contributed by atoms with Crippen LogP contribution in [0.1, 0.15) is 16.8 Å². The van der Waals surface area contributed by atoms with Crippen LogP contribution in [0.4, 0.5) is 0 Å². The lowest BCUT2D eigenvalue weighted by Gasteiger charge is -2.34. The molecule has 1 aliphatic rings. The molecule has 0 bridgehead atoms. The number of amides is 1. The zero-order valence-electron chi connectivity index (χ0n) is 12.4. The number of H-pyrrole nitrogens is 1. The number of nitrogens with zero attached hydrogens (tertiary/aromatic N) is 2. The van der Waals surface area contributed by atoms with Crippen molar-refractivity contribution < 1.29 is 19.4 Å². The SMILES string of the molecule is O=C(O)CC1COCCN1C(=O)c1ccc(-c2ccn[nH]2)cc1. The number of carboxylic acids is 1. The number of aromatic nitrogens is 2. The molecule has 1 unspecified atom stereocenters. The standard InChI is InChI=1S/C16H17N3O4/c20-15(21)9-13-10-23-8-7-19(13)16(22)12-3-1-11(2-4-12)14-5-6-17-18-14/h1-6,13H,7-10H2,(H,17,18)(H,20,21). The molecule has 1 fully saturated rings. The number of hydrogen-bond acceptors (Lipinski definition) is 4. The monoisotopic (exact) mass is 315 g/mol. The Kier molecular flexibility index (Phi) is 4.38. The van der Waals surface area contributed by atoms with Crippen molar-refractivity contribution in [3.63, 3.8) is 0 Å². The Morgan fingerprint density at radius 2 is 2.09 bits per heavy atom. The van der Waals surface area contributed by atoms with Gasteiger partial charge >= 0.3 is 5.97 Å². The molecule has 2 heterocycles. The molecule has 0 saturated carbocycles. The van der Waals surface area contributed by atoms with E-state index in [-0.39, 0.29) is 18.9 Å². The van der Waals surface area contributed by atoms with Crippen LogP contribution in [0.2, 0.25) is 0 Å². The molecule has 120 valence electrons. The van der Waals surface area contributed by atoms with E-state index in [1.807, 2.05) is 18.2 Å². The number of aromatic amines is 1. The maximum absolute atomic E-state index is 12.6. The summed E-state index contributed by atoms with van der Waals surface area (Å²) in [7, 11) is 0. The first-order valence-electron chi connectivity index (χ1n) is 7.35. The number of carbonyl (C=O) groups excluding carboxylic acids is 1. The van der Waals surface area contributed by atoms with Gasteiger partial charge in [-0.1, -0.05) is 12.1 Å². The van der Waals surface area contributed by atoms with Crippen molar-refractivity contribution in [2.75, 3.05) is 19.8 Å². The number of aliphatic carboxylic acids is 1. The largest absolute Gasteiger partial charge is 0.481 e. The molecule has 1 aliphatic heterocycles. The maximum atomic E-state index is 12.6. The van der Waals surface area contributed by atoms with E-state index in [1.165, 1.54) is 0 Å². The van der Waals surface area contributed by atoms with Crippen molar-refractivity contribution in [2.24, 2.45) is 0 Å². The molecule has 1 aromatic heterocycles. The Morgan fingerprint density at radius 1 is 1.30 bits per heavy atom. The van der Waals surface area contributed by atoms with Crippen molar-refractivity contribution >= 4 is 11.9 Å². The third kappa shape index (κ3) is 3.40. The lowest BCUT2D eigenvalue weighted by atomic mass is 10.1. The molecule has 7 nitrogen and oxygen atoms in total. The number of morpholine rings is 1. The van der Waals surface area contributed by atoms with Crippen LogP contribution in [0.15, 0.2) is 36.5 Å². The van der Waals surface area contributed by atoms with E-state index in [0.29, 0.717) is 18.7 Å². The topological polar surface area (TPSA) is 95.5 Å². The van der Waals surface area contributed by atoms with Crippen LogP contribution in [0.3, 0.4) is 0 Å². The van der Waals surface area contributed by atoms with Crippen molar-refractivity contribution in [1.29, 1.82) is 0 Å². The molecule has 23 heavy (non-hydrogen) atoms. The van der Waals surface area contributed by atoms with E-state index in [9.17, 15) is 9.59 Å². The third-order valence-corrected chi connectivity index (χ3v) is 3.84. The fourth-order valence-electron chi connectivity index (χ4n) is 2.67. The summed E-state index contributed by atoms with van der Waals surface area (Å²) in [6.45, 7) is 1.08. The summed E-state index contributed by atoms with van der Waals surface area (Å²) in [5.74, 6) is -1.11. The zero-order chi connectivity index (χ0) is 16.2. The van der Waals surface area contributed by atoms with Crippen LogP contribution in [-0.4, -0.2) is 57.9 Å². The summed E-state index contributed by atoms with van der Waals surface area (Å²) in [6.07, 6.45) is 1.55. The minimum atomic E-state index is -0.937. The van der Waals surface area contributed by atoms with Gasteiger partial charge in [0.1, 0.15) is 0 Å². The highest BCUT2D eigenvalue weighted by Crippen LogP contribution is 2.19. The number of carbonyl (C=O) groups is 2. The predicted molar refractivity (Wildman–Crippen MR) is 81.9 cm³/mol. The summed E-state index contributed by atoms with van der Waals surface area (Å²) < 4.78 is 5.30. The van der Waals surface area contributed by atoms with E-state index in [2.05, 4.69) is 10.2 Å². The molecule has 1 atom stereocenters. The van der Waals surface area contributed by atoms with Gasteiger partial charge in [-0.05, 0) is 23.8 Å². The first kappa shape index (κ1) is 15.2. The van der Waals surface area contributed by atoms with Crippen LogP contribution in [0.5, 0.6) is 0 Å². The molecule has 0 spiro atoms. The van der Waals surface area contributed by atoms with Gasteiger partial charge in [0.25, 0.3) is 5.91 Å². The first-order chi connectivity index (χ1) is 11.1.